The summed E-state index contributed by atoms with van der Waals surface area (Å²) in [5.41, 5.74) is 0.515. The first-order valence-corrected chi connectivity index (χ1v) is 6.04. The van der Waals surface area contributed by atoms with Gasteiger partial charge in [0.1, 0.15) is 0 Å². The summed E-state index contributed by atoms with van der Waals surface area (Å²) in [6.45, 7) is 1.93. The minimum absolute atomic E-state index is 0.220. The van der Waals surface area contributed by atoms with Crippen LogP contribution in [0.3, 0.4) is 0 Å². The van der Waals surface area contributed by atoms with Crippen molar-refractivity contribution in [2.45, 2.75) is 19.3 Å². The lowest BCUT2D eigenvalue weighted by Gasteiger charge is -2.17. The van der Waals surface area contributed by atoms with Gasteiger partial charge in [-0.25, -0.2) is 9.37 Å². The van der Waals surface area contributed by atoms with Crippen LogP contribution in [-0.2, 0) is 0 Å². The zero-order chi connectivity index (χ0) is 10.5. The molecule has 2 fully saturated rings. The largest absolute Gasteiger partial charge is 0.354 e. The van der Waals surface area contributed by atoms with Crippen molar-refractivity contribution in [3.8, 4) is 0 Å². The molecule has 15 heavy (non-hydrogen) atoms. The van der Waals surface area contributed by atoms with E-state index in [-0.39, 0.29) is 5.82 Å². The lowest BCUT2D eigenvalue weighted by Crippen LogP contribution is -2.22. The molecule has 1 aliphatic heterocycles. The van der Waals surface area contributed by atoms with Gasteiger partial charge in [0.05, 0.1) is 0 Å². The first-order chi connectivity index (χ1) is 7.19. The Morgan fingerprint density at radius 1 is 1.40 bits per heavy atom. The predicted molar refractivity (Wildman–Crippen MR) is 60.4 cm³/mol. The van der Waals surface area contributed by atoms with E-state index in [0.29, 0.717) is 15.7 Å². The predicted octanol–water partition coefficient (Wildman–Crippen LogP) is 2.97. The molecule has 2 nitrogen and oxygen atoms in total. The number of hydrogen-bond donors (Lipinski definition) is 0. The Hall–Kier alpha value is -0.640. The Bertz CT molecular complexity index is 404. The van der Waals surface area contributed by atoms with E-state index < -0.39 is 0 Å². The molecule has 0 unspecified atom stereocenters. The number of rotatable bonds is 1. The van der Waals surface area contributed by atoms with Gasteiger partial charge in [0.2, 0.25) is 0 Å². The van der Waals surface area contributed by atoms with E-state index in [0.717, 1.165) is 13.1 Å². The Morgan fingerprint density at radius 2 is 2.20 bits per heavy atom. The highest BCUT2D eigenvalue weighted by molar-refractivity contribution is 9.10. The standard InChI is InChI=1S/C11H12BrFN2/c12-8-5-9(13)10(14-6-8)15-4-3-11(7-15)1-2-11/h5-6H,1-4,7H2. The quantitative estimate of drug-likeness (QED) is 0.780. The summed E-state index contributed by atoms with van der Waals surface area (Å²) in [6, 6.07) is 1.49. The second-order valence-corrected chi connectivity index (χ2v) is 5.55. The molecule has 0 aromatic carbocycles. The van der Waals surface area contributed by atoms with Gasteiger partial charge in [0, 0.05) is 23.8 Å². The highest BCUT2D eigenvalue weighted by atomic mass is 79.9. The van der Waals surface area contributed by atoms with Crippen molar-refractivity contribution < 1.29 is 4.39 Å². The SMILES string of the molecule is Fc1cc(Br)cnc1N1CCC2(CC2)C1. The summed E-state index contributed by atoms with van der Waals surface area (Å²) in [5, 5.41) is 0. The summed E-state index contributed by atoms with van der Waals surface area (Å²) in [4.78, 5) is 6.24. The molecule has 1 aliphatic carbocycles. The third-order valence-corrected chi connectivity index (χ3v) is 3.92. The Balaban J connectivity index is 1.87. The van der Waals surface area contributed by atoms with Crippen LogP contribution in [-0.4, -0.2) is 18.1 Å². The lowest BCUT2D eigenvalue weighted by molar-refractivity contribution is 0.576. The summed E-state index contributed by atoms with van der Waals surface area (Å²) in [7, 11) is 0. The van der Waals surface area contributed by atoms with E-state index in [1.54, 1.807) is 6.20 Å². The van der Waals surface area contributed by atoms with Crippen LogP contribution in [0.4, 0.5) is 10.2 Å². The summed E-state index contributed by atoms with van der Waals surface area (Å²) >= 11 is 3.22. The first-order valence-electron chi connectivity index (χ1n) is 5.25. The number of aromatic nitrogens is 1. The molecule has 0 radical (unpaired) electrons. The van der Waals surface area contributed by atoms with Crippen molar-refractivity contribution in [3.05, 3.63) is 22.6 Å². The van der Waals surface area contributed by atoms with Crippen LogP contribution in [0.15, 0.2) is 16.7 Å². The van der Waals surface area contributed by atoms with Crippen LogP contribution < -0.4 is 4.90 Å². The van der Waals surface area contributed by atoms with E-state index in [1.807, 2.05) is 0 Å². The van der Waals surface area contributed by atoms with Crippen LogP contribution in [0.1, 0.15) is 19.3 Å². The number of hydrogen-bond acceptors (Lipinski definition) is 2. The van der Waals surface area contributed by atoms with Crippen LogP contribution in [0.25, 0.3) is 0 Å². The maximum atomic E-state index is 13.6. The van der Waals surface area contributed by atoms with Crippen LogP contribution in [0, 0.1) is 11.2 Å². The topological polar surface area (TPSA) is 16.1 Å². The molecule has 80 valence electrons. The van der Waals surface area contributed by atoms with Gasteiger partial charge in [-0.05, 0) is 46.7 Å². The molecule has 2 heterocycles. The van der Waals surface area contributed by atoms with Gasteiger partial charge >= 0.3 is 0 Å². The Morgan fingerprint density at radius 3 is 2.80 bits per heavy atom. The number of nitrogens with zero attached hydrogens (tertiary/aromatic N) is 2. The molecule has 3 rings (SSSR count). The normalized spacial score (nSPS) is 22.4. The van der Waals surface area contributed by atoms with Gasteiger partial charge in [-0.3, -0.25) is 0 Å². The summed E-state index contributed by atoms with van der Waals surface area (Å²) in [5.74, 6) is 0.295. The fourth-order valence-corrected chi connectivity index (χ4v) is 2.64. The van der Waals surface area contributed by atoms with Gasteiger partial charge < -0.3 is 4.90 Å². The minimum atomic E-state index is -0.220. The molecule has 1 saturated heterocycles. The average molecular weight is 271 g/mol. The van der Waals surface area contributed by atoms with Crippen LogP contribution >= 0.6 is 15.9 Å². The molecule has 1 spiro atoms. The molecule has 0 atom stereocenters. The zero-order valence-corrected chi connectivity index (χ0v) is 9.93. The zero-order valence-electron chi connectivity index (χ0n) is 8.34. The molecule has 2 aliphatic rings. The highest BCUT2D eigenvalue weighted by Gasteiger charge is 2.48. The van der Waals surface area contributed by atoms with E-state index in [1.165, 1.54) is 25.3 Å². The van der Waals surface area contributed by atoms with Gasteiger partial charge in [-0.15, -0.1) is 0 Å². The van der Waals surface area contributed by atoms with Crippen molar-refractivity contribution in [2.75, 3.05) is 18.0 Å². The minimum Gasteiger partial charge on any atom is -0.354 e. The molecule has 1 aromatic rings. The second-order valence-electron chi connectivity index (χ2n) is 4.63. The lowest BCUT2D eigenvalue weighted by atomic mass is 10.1. The fraction of sp³-hybridized carbons (Fsp3) is 0.545. The maximum Gasteiger partial charge on any atom is 0.166 e. The maximum absolute atomic E-state index is 13.6. The molecule has 0 amide bonds. The van der Waals surface area contributed by atoms with Gasteiger partial charge in [-0.1, -0.05) is 0 Å². The monoisotopic (exact) mass is 270 g/mol. The average Bonchev–Trinajstić information content (AvgIpc) is 2.79. The number of halogens is 2. The Kier molecular flexibility index (Phi) is 2.03. The third-order valence-electron chi connectivity index (χ3n) is 3.48. The fourth-order valence-electron chi connectivity index (χ4n) is 2.34. The smallest absolute Gasteiger partial charge is 0.166 e. The molecule has 1 saturated carbocycles. The molecule has 1 aromatic heterocycles. The van der Waals surface area contributed by atoms with Crippen LogP contribution in [0.5, 0.6) is 0 Å². The molecule has 0 bridgehead atoms. The van der Waals surface area contributed by atoms with Gasteiger partial charge in [0.15, 0.2) is 11.6 Å². The van der Waals surface area contributed by atoms with E-state index in [4.69, 9.17) is 0 Å². The molecular weight excluding hydrogens is 259 g/mol. The summed E-state index contributed by atoms with van der Waals surface area (Å²) in [6.07, 6.45) is 5.48. The van der Waals surface area contributed by atoms with Crippen molar-refractivity contribution in [1.29, 1.82) is 0 Å². The summed E-state index contributed by atoms with van der Waals surface area (Å²) < 4.78 is 14.3. The van der Waals surface area contributed by atoms with Crippen LogP contribution in [0.2, 0.25) is 0 Å². The van der Waals surface area contributed by atoms with E-state index >= 15 is 0 Å². The van der Waals surface area contributed by atoms with E-state index in [2.05, 4.69) is 25.8 Å². The van der Waals surface area contributed by atoms with Crippen molar-refractivity contribution in [1.82, 2.24) is 4.98 Å². The molecular formula is C11H12BrFN2. The first kappa shape index (κ1) is 9.58. The number of pyridine rings is 1. The second kappa shape index (κ2) is 3.17. The molecule has 4 heteroatoms. The van der Waals surface area contributed by atoms with E-state index in [9.17, 15) is 4.39 Å². The van der Waals surface area contributed by atoms with Crippen molar-refractivity contribution >= 4 is 21.7 Å². The third kappa shape index (κ3) is 1.65. The highest BCUT2D eigenvalue weighted by Crippen LogP contribution is 2.53. The van der Waals surface area contributed by atoms with Gasteiger partial charge in [0.25, 0.3) is 0 Å². The molecule has 0 N–H and O–H groups in total. The Labute approximate surface area is 96.6 Å². The van der Waals surface area contributed by atoms with Gasteiger partial charge in [-0.2, -0.15) is 0 Å². The van der Waals surface area contributed by atoms with Crippen molar-refractivity contribution in [2.24, 2.45) is 5.41 Å². The number of anilines is 1. The van der Waals surface area contributed by atoms with Crippen molar-refractivity contribution in [3.63, 3.8) is 0 Å².